The standard InChI is InChI=1S/C14H11Cl2N3O/c15-11-5-4-10(13(16)7-11)8-18-19-14(20)9-2-1-3-12(17)6-9/h1-8H,17H2,(H,19,20)/b18-8+. The zero-order valence-electron chi connectivity index (χ0n) is 10.3. The number of benzene rings is 2. The van der Waals surface area contributed by atoms with E-state index in [0.29, 0.717) is 26.9 Å². The van der Waals surface area contributed by atoms with Crippen LogP contribution in [0.4, 0.5) is 5.69 Å². The molecule has 6 heteroatoms. The quantitative estimate of drug-likeness (QED) is 0.519. The number of nitrogen functional groups attached to an aromatic ring is 1. The second-order valence-corrected chi connectivity index (χ2v) is 4.83. The Bertz CT molecular complexity index is 671. The summed E-state index contributed by atoms with van der Waals surface area (Å²) in [6.07, 6.45) is 1.45. The highest BCUT2D eigenvalue weighted by molar-refractivity contribution is 6.36. The molecule has 0 radical (unpaired) electrons. The fraction of sp³-hybridized carbons (Fsp3) is 0. The van der Waals surface area contributed by atoms with Gasteiger partial charge >= 0.3 is 0 Å². The Morgan fingerprint density at radius 1 is 1.20 bits per heavy atom. The van der Waals surface area contributed by atoms with Crippen LogP contribution < -0.4 is 11.2 Å². The summed E-state index contributed by atoms with van der Waals surface area (Å²) in [6, 6.07) is 11.6. The van der Waals surface area contributed by atoms with Crippen LogP contribution in [0.3, 0.4) is 0 Å². The molecule has 0 aliphatic carbocycles. The van der Waals surface area contributed by atoms with E-state index in [-0.39, 0.29) is 5.91 Å². The Hall–Kier alpha value is -2.04. The van der Waals surface area contributed by atoms with Gasteiger partial charge in [0.15, 0.2) is 0 Å². The van der Waals surface area contributed by atoms with E-state index < -0.39 is 0 Å². The monoisotopic (exact) mass is 307 g/mol. The summed E-state index contributed by atoms with van der Waals surface area (Å²) in [4.78, 5) is 11.8. The van der Waals surface area contributed by atoms with Crippen molar-refractivity contribution in [2.75, 3.05) is 5.73 Å². The molecular weight excluding hydrogens is 297 g/mol. The van der Waals surface area contributed by atoms with Crippen molar-refractivity contribution < 1.29 is 4.79 Å². The van der Waals surface area contributed by atoms with E-state index in [1.165, 1.54) is 6.21 Å². The number of nitrogens with zero attached hydrogens (tertiary/aromatic N) is 1. The van der Waals surface area contributed by atoms with E-state index in [9.17, 15) is 4.79 Å². The molecule has 3 N–H and O–H groups in total. The van der Waals surface area contributed by atoms with Crippen LogP contribution in [0.1, 0.15) is 15.9 Å². The largest absolute Gasteiger partial charge is 0.399 e. The van der Waals surface area contributed by atoms with E-state index in [1.807, 2.05) is 0 Å². The van der Waals surface area contributed by atoms with E-state index >= 15 is 0 Å². The van der Waals surface area contributed by atoms with Crippen molar-refractivity contribution in [1.29, 1.82) is 0 Å². The Morgan fingerprint density at radius 2 is 2.00 bits per heavy atom. The van der Waals surface area contributed by atoms with Gasteiger partial charge in [0.2, 0.25) is 0 Å². The van der Waals surface area contributed by atoms with Gasteiger partial charge in [-0.3, -0.25) is 4.79 Å². The van der Waals surface area contributed by atoms with E-state index in [4.69, 9.17) is 28.9 Å². The lowest BCUT2D eigenvalue weighted by molar-refractivity contribution is 0.0955. The van der Waals surface area contributed by atoms with Crippen LogP contribution in [0.5, 0.6) is 0 Å². The van der Waals surface area contributed by atoms with E-state index in [1.54, 1.807) is 42.5 Å². The molecule has 0 spiro atoms. The SMILES string of the molecule is Nc1cccc(C(=O)N/N=C/c2ccc(Cl)cc2Cl)c1. The van der Waals surface area contributed by atoms with Gasteiger partial charge in [0, 0.05) is 21.8 Å². The normalized spacial score (nSPS) is 10.7. The molecular formula is C14H11Cl2N3O. The maximum atomic E-state index is 11.8. The molecule has 4 nitrogen and oxygen atoms in total. The number of rotatable bonds is 3. The number of nitrogens with two attached hydrogens (primary N) is 1. The molecule has 0 atom stereocenters. The molecule has 0 aromatic heterocycles. The second kappa shape index (κ2) is 6.41. The first-order chi connectivity index (χ1) is 9.56. The summed E-state index contributed by atoms with van der Waals surface area (Å²) in [6.45, 7) is 0. The molecule has 1 amide bonds. The first kappa shape index (κ1) is 14.4. The van der Waals surface area contributed by atoms with Crippen molar-refractivity contribution in [3.8, 4) is 0 Å². The summed E-state index contributed by atoms with van der Waals surface area (Å²) in [5.74, 6) is -0.348. The average molecular weight is 308 g/mol. The minimum absolute atomic E-state index is 0.348. The minimum atomic E-state index is -0.348. The number of hydrogen-bond donors (Lipinski definition) is 2. The Labute approximate surface area is 126 Å². The molecule has 0 aliphatic rings. The predicted octanol–water partition coefficient (Wildman–Crippen LogP) is 3.34. The van der Waals surface area contributed by atoms with E-state index in [0.717, 1.165) is 0 Å². The molecule has 2 aromatic carbocycles. The van der Waals surface area contributed by atoms with Gasteiger partial charge in [0.25, 0.3) is 5.91 Å². The van der Waals surface area contributed by atoms with Crippen LogP contribution >= 0.6 is 23.2 Å². The highest BCUT2D eigenvalue weighted by atomic mass is 35.5. The van der Waals surface area contributed by atoms with Crippen molar-refractivity contribution in [3.63, 3.8) is 0 Å². The molecule has 20 heavy (non-hydrogen) atoms. The van der Waals surface area contributed by atoms with Gasteiger partial charge in [0.05, 0.1) is 11.2 Å². The van der Waals surface area contributed by atoms with Gasteiger partial charge in [-0.25, -0.2) is 5.43 Å². The maximum absolute atomic E-state index is 11.8. The minimum Gasteiger partial charge on any atom is -0.399 e. The molecule has 0 aliphatic heterocycles. The zero-order valence-corrected chi connectivity index (χ0v) is 11.8. The lowest BCUT2D eigenvalue weighted by atomic mass is 10.2. The van der Waals surface area contributed by atoms with Gasteiger partial charge in [-0.2, -0.15) is 5.10 Å². The third-order valence-corrected chi connectivity index (χ3v) is 3.04. The Balaban J connectivity index is 2.04. The van der Waals surface area contributed by atoms with Crippen LogP contribution in [0.15, 0.2) is 47.6 Å². The number of hydrazone groups is 1. The van der Waals surface area contributed by atoms with Crippen LogP contribution in [0.25, 0.3) is 0 Å². The highest BCUT2D eigenvalue weighted by Gasteiger charge is 2.04. The fourth-order valence-corrected chi connectivity index (χ4v) is 1.97. The molecule has 2 rings (SSSR count). The first-order valence-electron chi connectivity index (χ1n) is 5.70. The Kier molecular flexibility index (Phi) is 4.61. The van der Waals surface area contributed by atoms with Crippen molar-refractivity contribution in [2.24, 2.45) is 5.10 Å². The second-order valence-electron chi connectivity index (χ2n) is 3.99. The topological polar surface area (TPSA) is 67.5 Å². The van der Waals surface area contributed by atoms with Crippen molar-refractivity contribution in [1.82, 2.24) is 5.43 Å². The van der Waals surface area contributed by atoms with Crippen LogP contribution in [0, 0.1) is 0 Å². The fourth-order valence-electron chi connectivity index (χ4n) is 1.51. The maximum Gasteiger partial charge on any atom is 0.271 e. The molecule has 0 unspecified atom stereocenters. The molecule has 0 bridgehead atoms. The third-order valence-electron chi connectivity index (χ3n) is 2.48. The lowest BCUT2D eigenvalue weighted by Crippen LogP contribution is -2.17. The number of amides is 1. The number of nitrogens with one attached hydrogen (secondary N) is 1. The third kappa shape index (κ3) is 3.73. The molecule has 102 valence electrons. The van der Waals surface area contributed by atoms with Gasteiger partial charge < -0.3 is 5.73 Å². The first-order valence-corrected chi connectivity index (χ1v) is 6.46. The lowest BCUT2D eigenvalue weighted by Gasteiger charge is -2.01. The summed E-state index contributed by atoms with van der Waals surface area (Å²) in [7, 11) is 0. The number of carbonyl (C=O) groups excluding carboxylic acids is 1. The van der Waals surface area contributed by atoms with Crippen molar-refractivity contribution in [3.05, 3.63) is 63.6 Å². The summed E-state index contributed by atoms with van der Waals surface area (Å²) in [5, 5.41) is 4.84. The molecule has 0 saturated heterocycles. The number of hydrogen-bond acceptors (Lipinski definition) is 3. The average Bonchev–Trinajstić information content (AvgIpc) is 2.41. The molecule has 2 aromatic rings. The van der Waals surface area contributed by atoms with Crippen molar-refractivity contribution >= 4 is 41.0 Å². The van der Waals surface area contributed by atoms with E-state index in [2.05, 4.69) is 10.5 Å². The van der Waals surface area contributed by atoms with Crippen LogP contribution in [-0.2, 0) is 0 Å². The van der Waals surface area contributed by atoms with Gasteiger partial charge in [-0.1, -0.05) is 35.3 Å². The number of halogens is 2. The number of carbonyl (C=O) groups is 1. The summed E-state index contributed by atoms with van der Waals surface area (Å²) < 4.78 is 0. The number of anilines is 1. The predicted molar refractivity (Wildman–Crippen MR) is 82.4 cm³/mol. The van der Waals surface area contributed by atoms with Gasteiger partial charge in [-0.15, -0.1) is 0 Å². The smallest absolute Gasteiger partial charge is 0.271 e. The molecule has 0 fully saturated rings. The van der Waals surface area contributed by atoms with Gasteiger partial charge in [0.1, 0.15) is 0 Å². The van der Waals surface area contributed by atoms with Crippen molar-refractivity contribution in [2.45, 2.75) is 0 Å². The molecule has 0 saturated carbocycles. The zero-order chi connectivity index (χ0) is 14.5. The van der Waals surface area contributed by atoms with Crippen LogP contribution in [-0.4, -0.2) is 12.1 Å². The van der Waals surface area contributed by atoms with Gasteiger partial charge in [-0.05, 0) is 30.3 Å². The highest BCUT2D eigenvalue weighted by Crippen LogP contribution is 2.19. The summed E-state index contributed by atoms with van der Waals surface area (Å²) >= 11 is 11.8. The molecule has 0 heterocycles. The summed E-state index contributed by atoms with van der Waals surface area (Å²) in [5.41, 5.74) is 9.61. The van der Waals surface area contributed by atoms with Crippen LogP contribution in [0.2, 0.25) is 10.0 Å². The Morgan fingerprint density at radius 3 is 2.70 bits per heavy atom.